The van der Waals surface area contributed by atoms with Crippen LogP contribution in [0.2, 0.25) is 0 Å². The average molecular weight is 483 g/mol. The smallest absolute Gasteiger partial charge is 0.323 e. The Morgan fingerprint density at radius 1 is 1.33 bits per heavy atom. The molecule has 16 nitrogen and oxygen atoms in total. The normalized spacial score (nSPS) is 20.1. The van der Waals surface area contributed by atoms with Crippen LogP contribution in [0, 0.1) is 0 Å². The van der Waals surface area contributed by atoms with E-state index in [4.69, 9.17) is 9.39 Å². The maximum Gasteiger partial charge on any atom is 0.431 e. The minimum Gasteiger partial charge on any atom is -0.323 e. The maximum atomic E-state index is 12.9. The summed E-state index contributed by atoms with van der Waals surface area (Å²) in [6, 6.07) is -2.56. The fraction of sp³-hybridized carbons (Fsp3) is 0.438. The number of nitrogens with zero attached hydrogens (tertiary/aromatic N) is 7. The lowest BCUT2D eigenvalue weighted by molar-refractivity contribution is -0.0316. The summed E-state index contributed by atoms with van der Waals surface area (Å²) in [6.45, 7) is 0.197. The first-order chi connectivity index (χ1) is 15.6. The molecule has 33 heavy (non-hydrogen) atoms. The Bertz CT molecular complexity index is 1220. The SMILES string of the molecule is CN=C(NOC(=O)NCc1cnn(C)c1)[C@@H]1c2c(cnn2C)[C@@H]2CN1C(=O)N2OS(=O)(=O)O. The van der Waals surface area contributed by atoms with Crippen molar-refractivity contribution in [3.8, 4) is 0 Å². The fourth-order valence-corrected chi connectivity index (χ4v) is 4.17. The predicted molar refractivity (Wildman–Crippen MR) is 108 cm³/mol. The Labute approximate surface area is 187 Å². The van der Waals surface area contributed by atoms with Crippen LogP contribution in [-0.4, -0.2) is 74.0 Å². The number of rotatable bonds is 5. The number of hydroxylamine groups is 3. The van der Waals surface area contributed by atoms with Crippen molar-refractivity contribution in [3.63, 3.8) is 0 Å². The monoisotopic (exact) mass is 483 g/mol. The lowest BCUT2D eigenvalue weighted by atomic mass is 9.97. The second-order valence-electron chi connectivity index (χ2n) is 7.27. The van der Waals surface area contributed by atoms with Gasteiger partial charge >= 0.3 is 22.5 Å². The highest BCUT2D eigenvalue weighted by Gasteiger charge is 2.53. The van der Waals surface area contributed by atoms with E-state index >= 15 is 0 Å². The van der Waals surface area contributed by atoms with Gasteiger partial charge in [-0.15, -0.1) is 4.28 Å². The number of hydrogen-bond donors (Lipinski definition) is 3. The molecule has 2 aromatic rings. The van der Waals surface area contributed by atoms with Gasteiger partial charge in [0.05, 0.1) is 24.6 Å². The number of nitrogens with one attached hydrogen (secondary N) is 2. The van der Waals surface area contributed by atoms with Crippen LogP contribution in [0.4, 0.5) is 9.59 Å². The second-order valence-corrected chi connectivity index (χ2v) is 8.27. The van der Waals surface area contributed by atoms with Gasteiger partial charge in [-0.05, 0) is 0 Å². The Morgan fingerprint density at radius 2 is 2.09 bits per heavy atom. The second kappa shape index (κ2) is 8.34. The van der Waals surface area contributed by atoms with E-state index in [1.165, 1.54) is 22.8 Å². The number of fused-ring (bicyclic) bond motifs is 4. The standard InChI is InChI=1S/C16H21N9O7S/c1-17-14(21-31-15(26)18-4-9-5-19-22(2)7-9)13-12-10(6-20-23(12)3)11-8-24(13)16(27)25(11)32-33(28,29)30/h5-7,11,13H,4,8H2,1-3H3,(H,17,21)(H,18,26)(H,28,29,30)/t11-,13-/m0/s1. The molecule has 3 amide bonds. The number of aromatic nitrogens is 4. The van der Waals surface area contributed by atoms with Crippen LogP contribution in [0.5, 0.6) is 0 Å². The molecule has 0 spiro atoms. The van der Waals surface area contributed by atoms with E-state index in [2.05, 4.69) is 30.3 Å². The van der Waals surface area contributed by atoms with Gasteiger partial charge in [0.25, 0.3) is 0 Å². The molecule has 2 bridgehead atoms. The molecule has 2 aliphatic heterocycles. The van der Waals surface area contributed by atoms with Crippen molar-refractivity contribution in [1.82, 2.24) is 40.3 Å². The first kappa shape index (κ1) is 22.5. The van der Waals surface area contributed by atoms with E-state index in [0.29, 0.717) is 16.3 Å². The minimum absolute atomic E-state index is 0.0195. The van der Waals surface area contributed by atoms with Gasteiger partial charge < -0.3 is 15.1 Å². The van der Waals surface area contributed by atoms with Crippen molar-refractivity contribution in [2.75, 3.05) is 13.6 Å². The van der Waals surface area contributed by atoms with Crippen molar-refractivity contribution in [3.05, 3.63) is 35.4 Å². The summed E-state index contributed by atoms with van der Waals surface area (Å²) in [5, 5.41) is 11.3. The Hall–Kier alpha value is -3.70. The van der Waals surface area contributed by atoms with E-state index in [9.17, 15) is 18.0 Å². The highest BCUT2D eigenvalue weighted by molar-refractivity contribution is 7.80. The van der Waals surface area contributed by atoms with Gasteiger partial charge in [-0.3, -0.25) is 18.9 Å². The number of amides is 3. The molecule has 1 fully saturated rings. The first-order valence-corrected chi connectivity index (χ1v) is 10.9. The number of hydrogen-bond acceptors (Lipinski definition) is 9. The average Bonchev–Trinajstić information content (AvgIpc) is 3.41. The number of urea groups is 1. The number of carbonyl (C=O) groups excluding carboxylic acids is 2. The molecule has 0 aliphatic carbocycles. The van der Waals surface area contributed by atoms with Gasteiger partial charge in [-0.25, -0.2) is 15.1 Å². The van der Waals surface area contributed by atoms with Gasteiger partial charge in [0, 0.05) is 45.0 Å². The molecule has 178 valence electrons. The molecule has 0 radical (unpaired) electrons. The summed E-state index contributed by atoms with van der Waals surface area (Å²) >= 11 is 0. The third kappa shape index (κ3) is 4.32. The lowest BCUT2D eigenvalue weighted by Gasteiger charge is -2.31. The Morgan fingerprint density at radius 3 is 2.73 bits per heavy atom. The molecule has 0 unspecified atom stereocenters. The van der Waals surface area contributed by atoms with Crippen LogP contribution in [0.15, 0.2) is 23.6 Å². The highest BCUT2D eigenvalue weighted by atomic mass is 32.3. The first-order valence-electron chi connectivity index (χ1n) is 9.52. The van der Waals surface area contributed by atoms with Crippen molar-refractivity contribution in [1.29, 1.82) is 0 Å². The molecular formula is C16H21N9O7S. The highest BCUT2D eigenvalue weighted by Crippen LogP contribution is 2.44. The third-order valence-corrected chi connectivity index (χ3v) is 5.50. The zero-order valence-corrected chi connectivity index (χ0v) is 18.6. The van der Waals surface area contributed by atoms with Crippen LogP contribution >= 0.6 is 0 Å². The van der Waals surface area contributed by atoms with E-state index < -0.39 is 34.6 Å². The van der Waals surface area contributed by atoms with Crippen LogP contribution in [-0.2, 0) is 40.2 Å². The van der Waals surface area contributed by atoms with Gasteiger partial charge in [0.2, 0.25) is 0 Å². The van der Waals surface area contributed by atoms with Crippen molar-refractivity contribution in [2.45, 2.75) is 18.6 Å². The van der Waals surface area contributed by atoms with E-state index in [1.807, 2.05) is 0 Å². The summed E-state index contributed by atoms with van der Waals surface area (Å²) in [5.41, 5.74) is 4.20. The Balaban J connectivity index is 1.51. The third-order valence-electron chi connectivity index (χ3n) is 5.15. The van der Waals surface area contributed by atoms with Crippen LogP contribution in [0.3, 0.4) is 0 Å². The molecule has 0 saturated carbocycles. The van der Waals surface area contributed by atoms with E-state index in [1.54, 1.807) is 31.2 Å². The van der Waals surface area contributed by atoms with Crippen LogP contribution in [0.25, 0.3) is 0 Å². The van der Waals surface area contributed by atoms with Gasteiger partial charge in [-0.2, -0.15) is 23.7 Å². The molecule has 1 saturated heterocycles. The van der Waals surface area contributed by atoms with E-state index in [-0.39, 0.29) is 18.9 Å². The largest absolute Gasteiger partial charge is 0.431 e. The van der Waals surface area contributed by atoms with Crippen LogP contribution < -0.4 is 10.8 Å². The number of aryl methyl sites for hydroxylation is 2. The van der Waals surface area contributed by atoms with Gasteiger partial charge in [0.1, 0.15) is 12.1 Å². The molecule has 2 aromatic heterocycles. The fourth-order valence-electron chi connectivity index (χ4n) is 3.80. The summed E-state index contributed by atoms with van der Waals surface area (Å²) in [6.07, 6.45) is 3.98. The predicted octanol–water partition coefficient (Wildman–Crippen LogP) is -0.819. The summed E-state index contributed by atoms with van der Waals surface area (Å²) in [7, 11) is -0.144. The molecule has 0 aromatic carbocycles. The summed E-state index contributed by atoms with van der Waals surface area (Å²) in [5.74, 6) is 0.0804. The summed E-state index contributed by atoms with van der Waals surface area (Å²) in [4.78, 5) is 35.4. The summed E-state index contributed by atoms with van der Waals surface area (Å²) < 4.78 is 39.1. The molecule has 2 atom stereocenters. The van der Waals surface area contributed by atoms with E-state index in [0.717, 1.165) is 5.56 Å². The molecule has 3 N–H and O–H groups in total. The topological polar surface area (TPSA) is 186 Å². The molecule has 4 heterocycles. The zero-order chi connectivity index (χ0) is 23.9. The maximum absolute atomic E-state index is 12.9. The molecular weight excluding hydrogens is 462 g/mol. The van der Waals surface area contributed by atoms with Crippen molar-refractivity contribution in [2.24, 2.45) is 19.1 Å². The lowest BCUT2D eigenvalue weighted by Crippen LogP contribution is -2.45. The van der Waals surface area contributed by atoms with Crippen LogP contribution in [0.1, 0.15) is 28.9 Å². The van der Waals surface area contributed by atoms with Gasteiger partial charge in [0.15, 0.2) is 5.84 Å². The molecule has 4 rings (SSSR count). The number of aliphatic imine (C=N–C) groups is 1. The molecule has 2 aliphatic rings. The molecule has 17 heteroatoms. The quantitative estimate of drug-likeness (QED) is 0.210. The Kier molecular flexibility index (Phi) is 5.68. The number of carbonyl (C=O) groups is 2. The zero-order valence-electron chi connectivity index (χ0n) is 17.7. The van der Waals surface area contributed by atoms with Gasteiger partial charge in [-0.1, -0.05) is 0 Å². The number of amidine groups is 1. The van der Waals surface area contributed by atoms with Crippen molar-refractivity contribution < 1.29 is 31.7 Å². The minimum atomic E-state index is -4.95. The van der Waals surface area contributed by atoms with Crippen molar-refractivity contribution >= 4 is 28.4 Å².